The molecule has 1 atom stereocenters. The van der Waals surface area contributed by atoms with Crippen molar-refractivity contribution in [2.24, 2.45) is 0 Å². The van der Waals surface area contributed by atoms with Crippen LogP contribution < -0.4 is 9.47 Å². The Kier molecular flexibility index (Phi) is 6.50. The van der Waals surface area contributed by atoms with Gasteiger partial charge in [-0.3, -0.25) is 4.79 Å². The van der Waals surface area contributed by atoms with Crippen molar-refractivity contribution >= 4 is 15.8 Å². The van der Waals surface area contributed by atoms with Gasteiger partial charge in [-0.05, 0) is 72.2 Å². The Balaban J connectivity index is 0.00000308. The minimum atomic E-state index is -3.58. The highest BCUT2D eigenvalue weighted by Gasteiger charge is 2.50. The van der Waals surface area contributed by atoms with Crippen LogP contribution in [0.4, 0.5) is 0 Å². The fraction of sp³-hybridized carbons (Fsp3) is 0.367. The average Bonchev–Trinajstić information content (AvgIpc) is 3.37. The molecule has 200 valence electrons. The summed E-state index contributed by atoms with van der Waals surface area (Å²) in [7, 11) is -1.98. The molecule has 0 N–H and O–H groups in total. The van der Waals surface area contributed by atoms with Gasteiger partial charge < -0.3 is 14.2 Å². The van der Waals surface area contributed by atoms with Crippen molar-refractivity contribution in [3.05, 3.63) is 77.9 Å². The van der Waals surface area contributed by atoms with Crippen LogP contribution in [0.1, 0.15) is 38.2 Å². The maximum absolute atomic E-state index is 13.4. The van der Waals surface area contributed by atoms with E-state index >= 15 is 0 Å². The molecule has 2 aliphatic heterocycles. The maximum atomic E-state index is 13.4. The number of carbonyl (C=O) groups excluding carboxylic acids is 1. The number of ketones is 1. The SMILES string of the molecule is COC[C@H]1CCCN1S(=O)(=O)c1ccc(-c2cccc(CC(=O)C3(c4ccc5c(c4)OCO5)CC3)c2)cc1.[HH]. The maximum Gasteiger partial charge on any atom is 0.243 e. The number of nitrogens with zero attached hydrogens (tertiary/aromatic N) is 1. The van der Waals surface area contributed by atoms with Gasteiger partial charge in [0.25, 0.3) is 0 Å². The molecule has 3 aromatic rings. The topological polar surface area (TPSA) is 82.1 Å². The summed E-state index contributed by atoms with van der Waals surface area (Å²) in [5, 5.41) is 0. The summed E-state index contributed by atoms with van der Waals surface area (Å²) in [4.78, 5) is 13.7. The fourth-order valence-corrected chi connectivity index (χ4v) is 7.38. The lowest BCUT2D eigenvalue weighted by Crippen LogP contribution is -2.38. The largest absolute Gasteiger partial charge is 0.454 e. The smallest absolute Gasteiger partial charge is 0.243 e. The molecule has 1 aliphatic carbocycles. The molecule has 7 nitrogen and oxygen atoms in total. The fourth-order valence-electron chi connectivity index (χ4n) is 5.70. The zero-order valence-electron chi connectivity index (χ0n) is 21.4. The van der Waals surface area contributed by atoms with Crippen molar-refractivity contribution in [1.29, 1.82) is 0 Å². The number of carbonyl (C=O) groups is 1. The molecule has 3 aromatic carbocycles. The van der Waals surface area contributed by atoms with Crippen molar-refractivity contribution < 1.29 is 28.8 Å². The Labute approximate surface area is 224 Å². The lowest BCUT2D eigenvalue weighted by molar-refractivity contribution is -0.120. The first-order valence-electron chi connectivity index (χ1n) is 13.0. The Morgan fingerprint density at radius 1 is 1.03 bits per heavy atom. The molecule has 6 rings (SSSR count). The summed E-state index contributed by atoms with van der Waals surface area (Å²) in [5.41, 5.74) is 3.33. The van der Waals surface area contributed by atoms with Crippen LogP contribution in [0.3, 0.4) is 0 Å². The van der Waals surface area contributed by atoms with Crippen LogP contribution in [0.15, 0.2) is 71.6 Å². The van der Waals surface area contributed by atoms with Crippen molar-refractivity contribution in [3.63, 3.8) is 0 Å². The Morgan fingerprint density at radius 2 is 1.82 bits per heavy atom. The van der Waals surface area contributed by atoms with Crippen molar-refractivity contribution in [2.45, 2.75) is 48.5 Å². The Morgan fingerprint density at radius 3 is 2.58 bits per heavy atom. The highest BCUT2D eigenvalue weighted by atomic mass is 32.2. The van der Waals surface area contributed by atoms with Crippen LogP contribution in [-0.2, 0) is 31.4 Å². The van der Waals surface area contributed by atoms with Gasteiger partial charge in [0.15, 0.2) is 11.5 Å². The minimum Gasteiger partial charge on any atom is -0.454 e. The standard InChI is InChI=1S/C30H31NO6S.H2/c1-35-19-25-6-3-15-31(25)38(33,34)26-10-7-22(8-11-26)23-5-2-4-21(16-23)17-29(32)30(13-14-30)24-9-12-27-28(18-24)37-20-36-27;/h2,4-5,7-12,16,18,25H,3,6,13-15,17,19-20H2,1H3;1H/t25-;/m1./s1. The van der Waals surface area contributed by atoms with Gasteiger partial charge >= 0.3 is 0 Å². The molecule has 0 amide bonds. The van der Waals surface area contributed by atoms with E-state index < -0.39 is 15.4 Å². The third-order valence-corrected chi connectivity index (χ3v) is 9.94. The van der Waals surface area contributed by atoms with E-state index in [2.05, 4.69) is 0 Å². The minimum absolute atomic E-state index is 0. The van der Waals surface area contributed by atoms with Crippen LogP contribution in [-0.4, -0.2) is 51.6 Å². The van der Waals surface area contributed by atoms with Crippen LogP contribution in [0.25, 0.3) is 11.1 Å². The number of ether oxygens (including phenoxy) is 3. The van der Waals surface area contributed by atoms with E-state index in [-0.39, 0.29) is 24.9 Å². The summed E-state index contributed by atoms with van der Waals surface area (Å²) < 4.78 is 44.2. The summed E-state index contributed by atoms with van der Waals surface area (Å²) in [6, 6.07) is 20.6. The number of hydrogen-bond acceptors (Lipinski definition) is 6. The first-order valence-corrected chi connectivity index (χ1v) is 14.5. The third-order valence-electron chi connectivity index (χ3n) is 7.98. The second-order valence-corrected chi connectivity index (χ2v) is 12.2. The molecule has 38 heavy (non-hydrogen) atoms. The molecule has 1 saturated carbocycles. The van der Waals surface area contributed by atoms with Gasteiger partial charge in [0.1, 0.15) is 5.78 Å². The normalized spacial score (nSPS) is 20.0. The number of sulfonamides is 1. The molecule has 0 bridgehead atoms. The predicted octanol–water partition coefficient (Wildman–Crippen LogP) is 4.97. The highest BCUT2D eigenvalue weighted by Crippen LogP contribution is 2.51. The van der Waals surface area contributed by atoms with Gasteiger partial charge in [-0.15, -0.1) is 0 Å². The van der Waals surface area contributed by atoms with E-state index in [1.807, 2.05) is 54.6 Å². The van der Waals surface area contributed by atoms with Crippen molar-refractivity contribution in [1.82, 2.24) is 4.31 Å². The van der Waals surface area contributed by atoms with Gasteiger partial charge in [-0.2, -0.15) is 4.31 Å². The molecule has 8 heteroatoms. The average molecular weight is 536 g/mol. The van der Waals surface area contributed by atoms with Gasteiger partial charge in [-0.25, -0.2) is 8.42 Å². The number of methoxy groups -OCH3 is 1. The number of fused-ring (bicyclic) bond motifs is 1. The van der Waals surface area contributed by atoms with E-state index in [9.17, 15) is 13.2 Å². The van der Waals surface area contributed by atoms with E-state index in [1.54, 1.807) is 23.5 Å². The monoisotopic (exact) mass is 535 g/mol. The second kappa shape index (κ2) is 9.84. The van der Waals surface area contributed by atoms with Crippen molar-refractivity contribution in [3.8, 4) is 22.6 Å². The zero-order chi connectivity index (χ0) is 26.3. The summed E-state index contributed by atoms with van der Waals surface area (Å²) in [6.07, 6.45) is 3.66. The van der Waals surface area contributed by atoms with Gasteiger partial charge in [0.2, 0.25) is 16.8 Å². The van der Waals surface area contributed by atoms with E-state index in [4.69, 9.17) is 14.2 Å². The Hall–Kier alpha value is -3.20. The van der Waals surface area contributed by atoms with E-state index in [0.717, 1.165) is 53.7 Å². The molecule has 0 spiro atoms. The molecule has 0 unspecified atom stereocenters. The lowest BCUT2D eigenvalue weighted by Gasteiger charge is -2.23. The lowest BCUT2D eigenvalue weighted by atomic mass is 9.87. The summed E-state index contributed by atoms with van der Waals surface area (Å²) in [5.74, 6) is 1.62. The van der Waals surface area contributed by atoms with Crippen LogP contribution in [0, 0.1) is 0 Å². The quantitative estimate of drug-likeness (QED) is 0.385. The van der Waals surface area contributed by atoms with Crippen molar-refractivity contribution in [2.75, 3.05) is 27.1 Å². The first-order chi connectivity index (χ1) is 18.4. The predicted molar refractivity (Wildman–Crippen MR) is 145 cm³/mol. The summed E-state index contributed by atoms with van der Waals surface area (Å²) in [6.45, 7) is 1.13. The number of hydrogen-bond donors (Lipinski definition) is 0. The highest BCUT2D eigenvalue weighted by molar-refractivity contribution is 7.89. The van der Waals surface area contributed by atoms with Crippen LogP contribution in [0.5, 0.6) is 11.5 Å². The first kappa shape index (κ1) is 25.1. The van der Waals surface area contributed by atoms with Gasteiger partial charge in [-0.1, -0.05) is 42.5 Å². The van der Waals surface area contributed by atoms with Gasteiger partial charge in [0.05, 0.1) is 16.9 Å². The number of benzene rings is 3. The third kappa shape index (κ3) is 4.51. The van der Waals surface area contributed by atoms with Crippen LogP contribution >= 0.6 is 0 Å². The zero-order valence-corrected chi connectivity index (χ0v) is 22.2. The molecule has 1 saturated heterocycles. The number of Topliss-reactive ketones (excluding diaryl/α,β-unsaturated/α-hetero) is 1. The molecule has 2 heterocycles. The summed E-state index contributed by atoms with van der Waals surface area (Å²) >= 11 is 0. The Bertz CT molecular complexity index is 1470. The van der Waals surface area contributed by atoms with Gasteiger partial charge in [0, 0.05) is 27.5 Å². The molecule has 0 aromatic heterocycles. The van der Waals surface area contributed by atoms with E-state index in [1.165, 1.54) is 0 Å². The second-order valence-electron chi connectivity index (χ2n) is 10.3. The van der Waals surface area contributed by atoms with Crippen LogP contribution in [0.2, 0.25) is 0 Å². The number of rotatable bonds is 9. The molecule has 3 aliphatic rings. The van der Waals surface area contributed by atoms with E-state index in [0.29, 0.717) is 25.3 Å². The molecular formula is C30H33NO6S. The molecule has 2 fully saturated rings. The molecular weight excluding hydrogens is 502 g/mol. The molecule has 0 radical (unpaired) electrons.